The minimum atomic E-state index is -0.576. The Bertz CT molecular complexity index is 1530. The minimum absolute atomic E-state index is 0.149. The predicted octanol–water partition coefficient (Wildman–Crippen LogP) is 8.36. The van der Waals surface area contributed by atoms with E-state index in [0.717, 1.165) is 57.9 Å². The van der Waals surface area contributed by atoms with Crippen molar-refractivity contribution in [2.75, 3.05) is 13.7 Å². The fourth-order valence-corrected chi connectivity index (χ4v) is 6.83. The molecule has 8 heteroatoms. The standard InChI is InChI=1S/C32H35ClN2O4S/c1-20-6-7-24(25-15-17-35(29(20)25)31(37)39-32(2,3)4)19-34-16-14-23(27-12-13-28(33)40-27)18-26(34)21-8-10-22(11-9-21)30(36)38-5/h6-13,15,17,23,26H,14,16,18-19H2,1-5H3. The Balaban J connectivity index is 1.47. The lowest BCUT2D eigenvalue weighted by Crippen LogP contribution is -2.35. The van der Waals surface area contributed by atoms with Gasteiger partial charge in [-0.1, -0.05) is 35.9 Å². The maximum atomic E-state index is 13.0. The van der Waals surface area contributed by atoms with E-state index in [-0.39, 0.29) is 18.1 Å². The van der Waals surface area contributed by atoms with Gasteiger partial charge < -0.3 is 9.47 Å². The van der Waals surface area contributed by atoms with Crippen LogP contribution >= 0.6 is 22.9 Å². The number of aromatic nitrogens is 1. The van der Waals surface area contributed by atoms with Crippen molar-refractivity contribution in [1.29, 1.82) is 0 Å². The summed E-state index contributed by atoms with van der Waals surface area (Å²) in [7, 11) is 1.40. The van der Waals surface area contributed by atoms with Gasteiger partial charge in [0, 0.05) is 29.0 Å². The number of ether oxygens (including phenoxy) is 2. The number of hydrogen-bond acceptors (Lipinski definition) is 6. The van der Waals surface area contributed by atoms with Gasteiger partial charge in [0.15, 0.2) is 0 Å². The zero-order chi connectivity index (χ0) is 28.6. The van der Waals surface area contributed by atoms with E-state index in [9.17, 15) is 9.59 Å². The van der Waals surface area contributed by atoms with Gasteiger partial charge in [-0.2, -0.15) is 0 Å². The van der Waals surface area contributed by atoms with Crippen LogP contribution in [-0.2, 0) is 16.0 Å². The van der Waals surface area contributed by atoms with Gasteiger partial charge in [0.1, 0.15) is 5.60 Å². The van der Waals surface area contributed by atoms with Crippen LogP contribution in [0.3, 0.4) is 0 Å². The van der Waals surface area contributed by atoms with Gasteiger partial charge in [-0.3, -0.25) is 9.47 Å². The summed E-state index contributed by atoms with van der Waals surface area (Å²) in [5, 5.41) is 1.05. The maximum absolute atomic E-state index is 13.0. The number of likely N-dealkylation sites (tertiary alicyclic amines) is 1. The Morgan fingerprint density at radius 1 is 1.05 bits per heavy atom. The van der Waals surface area contributed by atoms with Crippen LogP contribution in [-0.4, -0.2) is 40.8 Å². The first kappa shape index (κ1) is 28.4. The molecule has 0 aliphatic carbocycles. The molecule has 4 aromatic rings. The number of fused-ring (bicyclic) bond motifs is 1. The lowest BCUT2D eigenvalue weighted by atomic mass is 9.85. The van der Waals surface area contributed by atoms with Crippen LogP contribution in [0.5, 0.6) is 0 Å². The molecule has 1 aliphatic heterocycles. The van der Waals surface area contributed by atoms with Crippen molar-refractivity contribution in [1.82, 2.24) is 9.47 Å². The molecule has 0 radical (unpaired) electrons. The number of nitrogens with zero attached hydrogens (tertiary/aromatic N) is 2. The molecule has 0 N–H and O–H groups in total. The molecule has 2 atom stereocenters. The van der Waals surface area contributed by atoms with E-state index in [2.05, 4.69) is 23.1 Å². The fraction of sp³-hybridized carbons (Fsp3) is 0.375. The summed E-state index contributed by atoms with van der Waals surface area (Å²) >= 11 is 7.94. The monoisotopic (exact) mass is 578 g/mol. The summed E-state index contributed by atoms with van der Waals surface area (Å²) < 4.78 is 13.0. The molecule has 5 rings (SSSR count). The van der Waals surface area contributed by atoms with Crippen LogP contribution in [0.4, 0.5) is 4.79 Å². The van der Waals surface area contributed by atoms with Crippen molar-refractivity contribution in [2.45, 2.75) is 64.6 Å². The third-order valence-corrected chi connectivity index (χ3v) is 8.92. The molecule has 40 heavy (non-hydrogen) atoms. The summed E-state index contributed by atoms with van der Waals surface area (Å²) in [4.78, 5) is 28.9. The van der Waals surface area contributed by atoms with Gasteiger partial charge in [-0.05, 0) is 100 Å². The number of piperidine rings is 1. The molecule has 0 saturated carbocycles. The van der Waals surface area contributed by atoms with Gasteiger partial charge in [-0.15, -0.1) is 11.3 Å². The molecule has 0 amide bonds. The molecular formula is C32H35ClN2O4S. The molecule has 2 unspecified atom stereocenters. The van der Waals surface area contributed by atoms with Crippen LogP contribution in [0.2, 0.25) is 4.34 Å². The SMILES string of the molecule is COC(=O)c1ccc(C2CC(c3ccc(Cl)s3)CCN2Cc2ccc(C)c3c2ccn3C(=O)OC(C)(C)C)cc1. The van der Waals surface area contributed by atoms with Crippen molar-refractivity contribution in [3.63, 3.8) is 0 Å². The number of benzene rings is 2. The average molecular weight is 579 g/mol. The smallest absolute Gasteiger partial charge is 0.418 e. The number of hydrogen-bond donors (Lipinski definition) is 0. The first-order valence-electron chi connectivity index (χ1n) is 13.5. The Morgan fingerprint density at radius 3 is 2.45 bits per heavy atom. The molecule has 1 fully saturated rings. The summed E-state index contributed by atoms with van der Waals surface area (Å²) in [5.41, 5.74) is 4.20. The van der Waals surface area contributed by atoms with Crippen molar-refractivity contribution in [3.05, 3.63) is 92.3 Å². The van der Waals surface area contributed by atoms with Crippen molar-refractivity contribution >= 4 is 45.9 Å². The number of thiophene rings is 1. The zero-order valence-electron chi connectivity index (χ0n) is 23.6. The molecule has 2 aromatic heterocycles. The van der Waals surface area contributed by atoms with Gasteiger partial charge in [0.2, 0.25) is 0 Å². The molecule has 0 spiro atoms. The molecule has 6 nitrogen and oxygen atoms in total. The number of esters is 1. The Hall–Kier alpha value is -3.13. The number of halogens is 1. The van der Waals surface area contributed by atoms with Crippen molar-refractivity contribution in [2.24, 2.45) is 0 Å². The molecule has 3 heterocycles. The van der Waals surface area contributed by atoms with Crippen LogP contribution in [0.25, 0.3) is 10.9 Å². The number of aryl methyl sites for hydroxylation is 1. The highest BCUT2D eigenvalue weighted by Crippen LogP contribution is 2.43. The average Bonchev–Trinajstić information content (AvgIpc) is 3.57. The quantitative estimate of drug-likeness (QED) is 0.223. The lowest BCUT2D eigenvalue weighted by Gasteiger charge is -2.40. The van der Waals surface area contributed by atoms with Gasteiger partial charge >= 0.3 is 12.1 Å². The van der Waals surface area contributed by atoms with Crippen LogP contribution in [0.1, 0.15) is 77.5 Å². The Kier molecular flexibility index (Phi) is 8.09. The lowest BCUT2D eigenvalue weighted by molar-refractivity contribution is 0.0542. The predicted molar refractivity (Wildman–Crippen MR) is 161 cm³/mol. The summed E-state index contributed by atoms with van der Waals surface area (Å²) in [6.45, 7) is 9.29. The molecule has 0 bridgehead atoms. The normalized spacial score (nSPS) is 18.1. The van der Waals surface area contributed by atoms with E-state index < -0.39 is 5.60 Å². The first-order valence-corrected chi connectivity index (χ1v) is 14.7. The third kappa shape index (κ3) is 5.97. The second-order valence-corrected chi connectivity index (χ2v) is 13.2. The molecular weight excluding hydrogens is 544 g/mol. The highest BCUT2D eigenvalue weighted by molar-refractivity contribution is 7.16. The van der Waals surface area contributed by atoms with Gasteiger partial charge in [0.05, 0.1) is 22.5 Å². The second kappa shape index (κ2) is 11.4. The van der Waals surface area contributed by atoms with Gasteiger partial charge in [0.25, 0.3) is 0 Å². The summed E-state index contributed by atoms with van der Waals surface area (Å²) in [6, 6.07) is 18.3. The van der Waals surface area contributed by atoms with Crippen molar-refractivity contribution < 1.29 is 19.1 Å². The Labute approximate surface area is 244 Å². The van der Waals surface area contributed by atoms with E-state index in [1.807, 2.05) is 70.3 Å². The van der Waals surface area contributed by atoms with E-state index in [0.29, 0.717) is 11.5 Å². The highest BCUT2D eigenvalue weighted by atomic mass is 35.5. The Morgan fingerprint density at radius 2 is 1.80 bits per heavy atom. The summed E-state index contributed by atoms with van der Waals surface area (Å²) in [5.74, 6) is 0.0695. The fourth-order valence-electron chi connectivity index (χ4n) is 5.62. The number of carbonyl (C=O) groups excluding carboxylic acids is 2. The van der Waals surface area contributed by atoms with Crippen molar-refractivity contribution in [3.8, 4) is 0 Å². The molecule has 210 valence electrons. The van der Waals surface area contributed by atoms with E-state index >= 15 is 0 Å². The minimum Gasteiger partial charge on any atom is -0.465 e. The molecule has 2 aromatic carbocycles. The van der Waals surface area contributed by atoms with E-state index in [1.165, 1.54) is 12.0 Å². The maximum Gasteiger partial charge on any atom is 0.418 e. The van der Waals surface area contributed by atoms with Crippen LogP contribution in [0, 0.1) is 6.92 Å². The third-order valence-electron chi connectivity index (χ3n) is 7.53. The largest absolute Gasteiger partial charge is 0.465 e. The highest BCUT2D eigenvalue weighted by Gasteiger charge is 2.32. The number of carbonyl (C=O) groups is 2. The van der Waals surface area contributed by atoms with E-state index in [4.69, 9.17) is 21.1 Å². The van der Waals surface area contributed by atoms with Crippen LogP contribution < -0.4 is 0 Å². The topological polar surface area (TPSA) is 60.8 Å². The molecule has 1 aliphatic rings. The number of methoxy groups -OCH3 is 1. The van der Waals surface area contributed by atoms with E-state index in [1.54, 1.807) is 15.9 Å². The summed E-state index contributed by atoms with van der Waals surface area (Å²) in [6.07, 6.45) is 3.41. The van der Waals surface area contributed by atoms with Crippen LogP contribution in [0.15, 0.2) is 60.8 Å². The van der Waals surface area contributed by atoms with Gasteiger partial charge in [-0.25, -0.2) is 9.59 Å². The number of rotatable bonds is 5. The second-order valence-electron chi connectivity index (χ2n) is 11.4. The molecule has 1 saturated heterocycles. The zero-order valence-corrected chi connectivity index (χ0v) is 25.1. The first-order chi connectivity index (χ1) is 19.0.